The molecule has 0 aliphatic carbocycles. The number of nitrogens with two attached hydrogens (primary N) is 1. The Morgan fingerprint density at radius 1 is 1.33 bits per heavy atom. The molecule has 1 heterocycles. The fourth-order valence-corrected chi connectivity index (χ4v) is 3.53. The average Bonchev–Trinajstić information content (AvgIpc) is 2.50. The number of thioether (sulfide) groups is 1. The molecule has 0 bridgehead atoms. The van der Waals surface area contributed by atoms with E-state index in [2.05, 4.69) is 4.90 Å². The third-order valence-electron chi connectivity index (χ3n) is 3.57. The number of hydrogen-bond donors (Lipinski definition) is 1. The first kappa shape index (κ1) is 14.1. The van der Waals surface area contributed by atoms with Crippen molar-refractivity contribution < 1.29 is 9.13 Å². The minimum absolute atomic E-state index is 0.284. The maximum atomic E-state index is 14.3. The van der Waals surface area contributed by atoms with E-state index in [9.17, 15) is 4.39 Å². The number of benzene rings is 2. The number of nitrogen functional groups attached to an aromatic ring is 1. The molecule has 0 saturated heterocycles. The molecule has 0 atom stereocenters. The summed E-state index contributed by atoms with van der Waals surface area (Å²) in [6.07, 6.45) is 0. The van der Waals surface area contributed by atoms with Gasteiger partial charge in [0.2, 0.25) is 0 Å². The van der Waals surface area contributed by atoms with Gasteiger partial charge in [0.1, 0.15) is 0 Å². The van der Waals surface area contributed by atoms with Crippen molar-refractivity contribution in [1.82, 2.24) is 0 Å². The van der Waals surface area contributed by atoms with Crippen LogP contribution < -0.4 is 15.4 Å². The van der Waals surface area contributed by atoms with Crippen molar-refractivity contribution in [3.8, 4) is 5.75 Å². The van der Waals surface area contributed by atoms with E-state index >= 15 is 0 Å². The summed E-state index contributed by atoms with van der Waals surface area (Å²) in [5, 5.41) is 0. The van der Waals surface area contributed by atoms with Crippen molar-refractivity contribution in [2.24, 2.45) is 0 Å². The number of methoxy groups -OCH3 is 1. The molecule has 2 N–H and O–H groups in total. The van der Waals surface area contributed by atoms with Gasteiger partial charge in [-0.25, -0.2) is 4.39 Å². The van der Waals surface area contributed by atoms with Crippen LogP contribution in [0.4, 0.5) is 15.8 Å². The average molecular weight is 304 g/mol. The number of hydrogen-bond acceptors (Lipinski definition) is 4. The number of halogens is 1. The molecule has 110 valence electrons. The highest BCUT2D eigenvalue weighted by Gasteiger charge is 2.19. The fraction of sp³-hybridized carbons (Fsp3) is 0.250. The number of rotatable bonds is 3. The SMILES string of the molecule is COc1cccc(CN2CCSc3ccc(N)cc32)c1F. The van der Waals surface area contributed by atoms with E-state index in [0.717, 1.165) is 23.7 Å². The molecule has 0 spiro atoms. The van der Waals surface area contributed by atoms with E-state index in [1.807, 2.05) is 36.0 Å². The first-order valence-electron chi connectivity index (χ1n) is 6.77. The summed E-state index contributed by atoms with van der Waals surface area (Å²) in [6, 6.07) is 11.1. The van der Waals surface area contributed by atoms with Crippen LogP contribution in [0.2, 0.25) is 0 Å². The topological polar surface area (TPSA) is 38.5 Å². The van der Waals surface area contributed by atoms with Crippen LogP contribution in [-0.2, 0) is 6.54 Å². The molecular formula is C16H17FN2OS. The first-order valence-corrected chi connectivity index (χ1v) is 7.76. The molecule has 5 heteroatoms. The molecule has 0 unspecified atom stereocenters. The van der Waals surface area contributed by atoms with Crippen LogP contribution in [-0.4, -0.2) is 19.4 Å². The van der Waals surface area contributed by atoms with Crippen LogP contribution in [0, 0.1) is 5.82 Å². The van der Waals surface area contributed by atoms with Crippen LogP contribution in [0.15, 0.2) is 41.3 Å². The van der Waals surface area contributed by atoms with E-state index in [1.54, 1.807) is 12.1 Å². The van der Waals surface area contributed by atoms with Gasteiger partial charge in [0, 0.05) is 35.0 Å². The standard InChI is InChI=1S/C16H17FN2OS/c1-20-14-4-2-3-11(16(14)17)10-19-7-8-21-15-6-5-12(18)9-13(15)19/h2-6,9H,7-8,10,18H2,1H3. The lowest BCUT2D eigenvalue weighted by Crippen LogP contribution is -2.29. The van der Waals surface area contributed by atoms with Crippen molar-refractivity contribution >= 4 is 23.1 Å². The first-order chi connectivity index (χ1) is 10.2. The van der Waals surface area contributed by atoms with Crippen LogP contribution >= 0.6 is 11.8 Å². The molecule has 1 aliphatic heterocycles. The normalized spacial score (nSPS) is 13.9. The van der Waals surface area contributed by atoms with Crippen molar-refractivity contribution in [3.05, 3.63) is 47.8 Å². The molecule has 2 aromatic rings. The molecule has 2 aromatic carbocycles. The van der Waals surface area contributed by atoms with Gasteiger partial charge < -0.3 is 15.4 Å². The van der Waals surface area contributed by atoms with Gasteiger partial charge in [-0.1, -0.05) is 12.1 Å². The van der Waals surface area contributed by atoms with Gasteiger partial charge in [-0.15, -0.1) is 11.8 Å². The lowest BCUT2D eigenvalue weighted by Gasteiger charge is -2.31. The Kier molecular flexibility index (Phi) is 3.92. The number of nitrogens with zero attached hydrogens (tertiary/aromatic N) is 1. The van der Waals surface area contributed by atoms with E-state index in [0.29, 0.717) is 12.1 Å². The molecule has 0 amide bonds. The minimum Gasteiger partial charge on any atom is -0.494 e. The molecular weight excluding hydrogens is 287 g/mol. The zero-order chi connectivity index (χ0) is 14.8. The number of anilines is 2. The zero-order valence-electron chi connectivity index (χ0n) is 11.8. The predicted octanol–water partition coefficient (Wildman–Crippen LogP) is 3.53. The second-order valence-corrected chi connectivity index (χ2v) is 6.07. The summed E-state index contributed by atoms with van der Waals surface area (Å²) in [5.74, 6) is 0.984. The summed E-state index contributed by atoms with van der Waals surface area (Å²) >= 11 is 1.81. The highest BCUT2D eigenvalue weighted by Crippen LogP contribution is 2.37. The van der Waals surface area contributed by atoms with Gasteiger partial charge in [0.25, 0.3) is 0 Å². The van der Waals surface area contributed by atoms with E-state index in [4.69, 9.17) is 10.5 Å². The predicted molar refractivity (Wildman–Crippen MR) is 85.6 cm³/mol. The Bertz CT molecular complexity index is 663. The van der Waals surface area contributed by atoms with Crippen LogP contribution in [0.3, 0.4) is 0 Å². The van der Waals surface area contributed by atoms with Crippen LogP contribution in [0.25, 0.3) is 0 Å². The van der Waals surface area contributed by atoms with Crippen molar-refractivity contribution in [3.63, 3.8) is 0 Å². The van der Waals surface area contributed by atoms with Crippen LogP contribution in [0.1, 0.15) is 5.56 Å². The molecule has 3 nitrogen and oxygen atoms in total. The second kappa shape index (κ2) is 5.85. The number of fused-ring (bicyclic) bond motifs is 1. The fourth-order valence-electron chi connectivity index (χ4n) is 2.50. The Hall–Kier alpha value is -1.88. The zero-order valence-corrected chi connectivity index (χ0v) is 12.6. The lowest BCUT2D eigenvalue weighted by atomic mass is 10.1. The second-order valence-electron chi connectivity index (χ2n) is 4.93. The van der Waals surface area contributed by atoms with Gasteiger partial charge >= 0.3 is 0 Å². The molecule has 0 radical (unpaired) electrons. The maximum Gasteiger partial charge on any atom is 0.170 e. The maximum absolute atomic E-state index is 14.3. The summed E-state index contributed by atoms with van der Waals surface area (Å²) in [6.45, 7) is 1.39. The van der Waals surface area contributed by atoms with Crippen LogP contribution in [0.5, 0.6) is 5.75 Å². The highest BCUT2D eigenvalue weighted by molar-refractivity contribution is 7.99. The Balaban J connectivity index is 1.92. The summed E-state index contributed by atoms with van der Waals surface area (Å²) in [5.41, 5.74) is 8.32. The van der Waals surface area contributed by atoms with Crippen molar-refractivity contribution in [1.29, 1.82) is 0 Å². The Morgan fingerprint density at radius 3 is 3.00 bits per heavy atom. The van der Waals surface area contributed by atoms with Gasteiger partial charge in [0.15, 0.2) is 11.6 Å². The quantitative estimate of drug-likeness (QED) is 0.881. The smallest absolute Gasteiger partial charge is 0.170 e. The van der Waals surface area contributed by atoms with Gasteiger partial charge in [-0.3, -0.25) is 0 Å². The lowest BCUT2D eigenvalue weighted by molar-refractivity contribution is 0.384. The third kappa shape index (κ3) is 2.78. The van der Waals surface area contributed by atoms with Gasteiger partial charge in [-0.05, 0) is 24.3 Å². The van der Waals surface area contributed by atoms with E-state index < -0.39 is 0 Å². The van der Waals surface area contributed by atoms with E-state index in [-0.39, 0.29) is 11.6 Å². The van der Waals surface area contributed by atoms with E-state index in [1.165, 1.54) is 12.0 Å². The molecule has 0 saturated carbocycles. The molecule has 1 aliphatic rings. The van der Waals surface area contributed by atoms with Crippen molar-refractivity contribution in [2.75, 3.05) is 30.0 Å². The molecule has 0 aromatic heterocycles. The van der Waals surface area contributed by atoms with Gasteiger partial charge in [0.05, 0.1) is 12.8 Å². The molecule has 0 fully saturated rings. The Labute approximate surface area is 127 Å². The summed E-state index contributed by atoms with van der Waals surface area (Å²) in [4.78, 5) is 3.36. The summed E-state index contributed by atoms with van der Waals surface area (Å²) in [7, 11) is 1.48. The largest absolute Gasteiger partial charge is 0.494 e. The molecule has 3 rings (SSSR count). The van der Waals surface area contributed by atoms with Crippen molar-refractivity contribution in [2.45, 2.75) is 11.4 Å². The minimum atomic E-state index is -0.288. The van der Waals surface area contributed by atoms with Gasteiger partial charge in [-0.2, -0.15) is 0 Å². The highest BCUT2D eigenvalue weighted by atomic mass is 32.2. The number of ether oxygens (including phenoxy) is 1. The molecule has 21 heavy (non-hydrogen) atoms. The monoisotopic (exact) mass is 304 g/mol. The Morgan fingerprint density at radius 2 is 2.19 bits per heavy atom. The third-order valence-corrected chi connectivity index (χ3v) is 4.61. The summed E-state index contributed by atoms with van der Waals surface area (Å²) < 4.78 is 19.3.